The SMILES string of the molecule is C=CCN(CCO)c1cccc(CNCCC)n1. The maximum absolute atomic E-state index is 9.05. The van der Waals surface area contributed by atoms with Crippen LogP contribution >= 0.6 is 0 Å². The second kappa shape index (κ2) is 8.66. The molecule has 0 amide bonds. The van der Waals surface area contributed by atoms with Gasteiger partial charge in [-0.25, -0.2) is 4.98 Å². The summed E-state index contributed by atoms with van der Waals surface area (Å²) in [7, 11) is 0. The lowest BCUT2D eigenvalue weighted by molar-refractivity contribution is 0.302. The fraction of sp³-hybridized carbons (Fsp3) is 0.500. The summed E-state index contributed by atoms with van der Waals surface area (Å²) < 4.78 is 0. The number of anilines is 1. The number of aliphatic hydroxyl groups excluding tert-OH is 1. The lowest BCUT2D eigenvalue weighted by Crippen LogP contribution is -2.28. The van der Waals surface area contributed by atoms with Crippen molar-refractivity contribution in [2.75, 3.05) is 31.1 Å². The third-order valence-corrected chi connectivity index (χ3v) is 2.57. The maximum atomic E-state index is 9.05. The van der Waals surface area contributed by atoms with E-state index in [4.69, 9.17) is 5.11 Å². The number of nitrogens with zero attached hydrogens (tertiary/aromatic N) is 2. The van der Waals surface area contributed by atoms with E-state index in [2.05, 4.69) is 23.8 Å². The van der Waals surface area contributed by atoms with Gasteiger partial charge < -0.3 is 15.3 Å². The molecule has 0 spiro atoms. The summed E-state index contributed by atoms with van der Waals surface area (Å²) >= 11 is 0. The van der Waals surface area contributed by atoms with Crippen molar-refractivity contribution < 1.29 is 5.11 Å². The van der Waals surface area contributed by atoms with Gasteiger partial charge in [0.1, 0.15) is 5.82 Å². The Morgan fingerprint density at radius 3 is 3.00 bits per heavy atom. The monoisotopic (exact) mass is 249 g/mol. The molecule has 4 nitrogen and oxygen atoms in total. The van der Waals surface area contributed by atoms with Crippen molar-refractivity contribution in [2.45, 2.75) is 19.9 Å². The van der Waals surface area contributed by atoms with Gasteiger partial charge in [-0.1, -0.05) is 19.1 Å². The van der Waals surface area contributed by atoms with E-state index in [1.165, 1.54) is 0 Å². The summed E-state index contributed by atoms with van der Waals surface area (Å²) in [6.45, 7) is 9.04. The van der Waals surface area contributed by atoms with Gasteiger partial charge in [-0.05, 0) is 25.1 Å². The maximum Gasteiger partial charge on any atom is 0.129 e. The molecule has 4 heteroatoms. The van der Waals surface area contributed by atoms with Gasteiger partial charge in [0.05, 0.1) is 12.3 Å². The first-order chi connectivity index (χ1) is 8.81. The molecular weight excluding hydrogens is 226 g/mol. The van der Waals surface area contributed by atoms with Crippen LogP contribution in [0.2, 0.25) is 0 Å². The zero-order chi connectivity index (χ0) is 13.2. The minimum absolute atomic E-state index is 0.119. The summed E-state index contributed by atoms with van der Waals surface area (Å²) in [5.74, 6) is 0.889. The van der Waals surface area contributed by atoms with Crippen LogP contribution < -0.4 is 10.2 Å². The summed E-state index contributed by atoms with van der Waals surface area (Å²) in [5, 5.41) is 12.4. The van der Waals surface area contributed by atoms with Gasteiger partial charge in [-0.3, -0.25) is 0 Å². The summed E-state index contributed by atoms with van der Waals surface area (Å²) in [5.41, 5.74) is 1.02. The third-order valence-electron chi connectivity index (χ3n) is 2.57. The molecule has 100 valence electrons. The van der Waals surface area contributed by atoms with Gasteiger partial charge in [0, 0.05) is 19.6 Å². The van der Waals surface area contributed by atoms with E-state index < -0.39 is 0 Å². The second-order valence-electron chi connectivity index (χ2n) is 4.12. The van der Waals surface area contributed by atoms with E-state index in [0.29, 0.717) is 13.1 Å². The molecule has 0 saturated carbocycles. The predicted octanol–water partition coefficient (Wildman–Crippen LogP) is 1.57. The van der Waals surface area contributed by atoms with Crippen LogP contribution in [0.25, 0.3) is 0 Å². The highest BCUT2D eigenvalue weighted by atomic mass is 16.3. The number of rotatable bonds is 9. The standard InChI is InChI=1S/C14H23N3O/c1-3-8-15-12-13-6-5-7-14(16-13)17(9-4-2)10-11-18/h4-7,15,18H,2-3,8-12H2,1H3. The summed E-state index contributed by atoms with van der Waals surface area (Å²) in [6.07, 6.45) is 2.94. The van der Waals surface area contributed by atoms with Crippen molar-refractivity contribution >= 4 is 5.82 Å². The molecule has 0 aliphatic rings. The fourth-order valence-corrected chi connectivity index (χ4v) is 1.71. The van der Waals surface area contributed by atoms with Crippen LogP contribution in [0, 0.1) is 0 Å². The molecule has 0 fully saturated rings. The van der Waals surface area contributed by atoms with Crippen LogP contribution in [0.3, 0.4) is 0 Å². The van der Waals surface area contributed by atoms with Gasteiger partial charge in [-0.15, -0.1) is 6.58 Å². The Morgan fingerprint density at radius 1 is 1.50 bits per heavy atom. The van der Waals surface area contributed by atoms with Crippen LogP contribution in [0.1, 0.15) is 19.0 Å². The molecular formula is C14H23N3O. The molecule has 0 radical (unpaired) electrons. The first kappa shape index (κ1) is 14.7. The molecule has 18 heavy (non-hydrogen) atoms. The van der Waals surface area contributed by atoms with Gasteiger partial charge >= 0.3 is 0 Å². The van der Waals surface area contributed by atoms with Crippen LogP contribution in [0.4, 0.5) is 5.82 Å². The molecule has 0 atom stereocenters. The Hall–Kier alpha value is -1.39. The number of hydrogen-bond acceptors (Lipinski definition) is 4. The number of aromatic nitrogens is 1. The van der Waals surface area contributed by atoms with Gasteiger partial charge in [0.15, 0.2) is 0 Å². The smallest absolute Gasteiger partial charge is 0.129 e. The Morgan fingerprint density at radius 2 is 2.33 bits per heavy atom. The first-order valence-electron chi connectivity index (χ1n) is 6.45. The second-order valence-corrected chi connectivity index (χ2v) is 4.12. The zero-order valence-electron chi connectivity index (χ0n) is 11.1. The average Bonchev–Trinajstić information content (AvgIpc) is 2.39. The van der Waals surface area contributed by atoms with E-state index in [1.54, 1.807) is 0 Å². The Labute approximate surface area is 109 Å². The molecule has 2 N–H and O–H groups in total. The normalized spacial score (nSPS) is 10.3. The molecule has 1 aromatic rings. The van der Waals surface area contributed by atoms with Crippen LogP contribution in [0.15, 0.2) is 30.9 Å². The Bertz CT molecular complexity index is 355. The van der Waals surface area contributed by atoms with Crippen molar-refractivity contribution in [3.8, 4) is 0 Å². The zero-order valence-corrected chi connectivity index (χ0v) is 11.1. The minimum atomic E-state index is 0.119. The molecule has 0 bridgehead atoms. The molecule has 0 saturated heterocycles. The van der Waals surface area contributed by atoms with E-state index in [0.717, 1.165) is 31.0 Å². The highest BCUT2D eigenvalue weighted by Gasteiger charge is 2.06. The van der Waals surface area contributed by atoms with Gasteiger partial charge in [0.2, 0.25) is 0 Å². The van der Waals surface area contributed by atoms with Crippen molar-refractivity contribution in [1.82, 2.24) is 10.3 Å². The molecule has 0 aliphatic carbocycles. The average molecular weight is 249 g/mol. The highest BCUT2D eigenvalue weighted by molar-refractivity contribution is 5.40. The number of nitrogens with one attached hydrogen (secondary N) is 1. The summed E-state index contributed by atoms with van der Waals surface area (Å²) in [6, 6.07) is 5.97. The van der Waals surface area contributed by atoms with Crippen molar-refractivity contribution in [3.05, 3.63) is 36.5 Å². The van der Waals surface area contributed by atoms with Crippen LogP contribution in [-0.2, 0) is 6.54 Å². The molecule has 1 aromatic heterocycles. The van der Waals surface area contributed by atoms with E-state index in [1.807, 2.05) is 29.2 Å². The molecule has 0 aromatic carbocycles. The van der Waals surface area contributed by atoms with E-state index >= 15 is 0 Å². The third kappa shape index (κ3) is 4.85. The lowest BCUT2D eigenvalue weighted by atomic mass is 10.3. The van der Waals surface area contributed by atoms with E-state index in [9.17, 15) is 0 Å². The van der Waals surface area contributed by atoms with Crippen molar-refractivity contribution in [2.24, 2.45) is 0 Å². The van der Waals surface area contributed by atoms with Crippen LogP contribution in [0.5, 0.6) is 0 Å². The van der Waals surface area contributed by atoms with Crippen molar-refractivity contribution in [1.29, 1.82) is 0 Å². The first-order valence-corrected chi connectivity index (χ1v) is 6.45. The molecule has 0 unspecified atom stereocenters. The Kier molecular flexibility index (Phi) is 7.06. The number of aliphatic hydroxyl groups is 1. The summed E-state index contributed by atoms with van der Waals surface area (Å²) in [4.78, 5) is 6.60. The van der Waals surface area contributed by atoms with E-state index in [-0.39, 0.29) is 6.61 Å². The topological polar surface area (TPSA) is 48.4 Å². The number of hydrogen-bond donors (Lipinski definition) is 2. The Balaban J connectivity index is 2.68. The predicted molar refractivity (Wildman–Crippen MR) is 75.7 cm³/mol. The molecule has 1 heterocycles. The minimum Gasteiger partial charge on any atom is -0.395 e. The highest BCUT2D eigenvalue weighted by Crippen LogP contribution is 2.11. The van der Waals surface area contributed by atoms with Gasteiger partial charge in [-0.2, -0.15) is 0 Å². The molecule has 0 aliphatic heterocycles. The van der Waals surface area contributed by atoms with Gasteiger partial charge in [0.25, 0.3) is 0 Å². The quantitative estimate of drug-likeness (QED) is 0.515. The number of pyridine rings is 1. The lowest BCUT2D eigenvalue weighted by Gasteiger charge is -2.21. The molecule has 1 rings (SSSR count). The largest absolute Gasteiger partial charge is 0.395 e. The van der Waals surface area contributed by atoms with Crippen LogP contribution in [-0.4, -0.2) is 36.3 Å². The fourth-order valence-electron chi connectivity index (χ4n) is 1.71. The van der Waals surface area contributed by atoms with Crippen molar-refractivity contribution in [3.63, 3.8) is 0 Å².